The van der Waals surface area contributed by atoms with Crippen LogP contribution in [0.3, 0.4) is 0 Å². The van der Waals surface area contributed by atoms with E-state index in [0.29, 0.717) is 0 Å². The third-order valence-electron chi connectivity index (χ3n) is 4.16. The van der Waals surface area contributed by atoms with Gasteiger partial charge in [-0.1, -0.05) is 12.1 Å². The molecule has 0 bridgehead atoms. The van der Waals surface area contributed by atoms with Gasteiger partial charge in [0.25, 0.3) is 0 Å². The Morgan fingerprint density at radius 3 is 2.76 bits per heavy atom. The standard InChI is InChI=1S/C17H22N2O2/c1-17(2,20)15-11-6-5-7-14(21-4)16(11)18-13-8-9-19(3)10-12(13)15/h5-7,20H,8-10H2,1-4H3. The van der Waals surface area contributed by atoms with Gasteiger partial charge in [-0.15, -0.1) is 0 Å². The molecule has 0 spiro atoms. The van der Waals surface area contributed by atoms with Gasteiger partial charge in [0.2, 0.25) is 0 Å². The van der Waals surface area contributed by atoms with Gasteiger partial charge in [0.1, 0.15) is 11.3 Å². The molecule has 0 atom stereocenters. The van der Waals surface area contributed by atoms with Crippen LogP contribution in [0.1, 0.15) is 30.7 Å². The zero-order valence-corrected chi connectivity index (χ0v) is 13.1. The van der Waals surface area contributed by atoms with Crippen LogP contribution in [0.25, 0.3) is 10.9 Å². The molecule has 3 rings (SSSR count). The number of rotatable bonds is 2. The second-order valence-electron chi connectivity index (χ2n) is 6.32. The molecular weight excluding hydrogens is 264 g/mol. The van der Waals surface area contributed by atoms with Crippen LogP contribution in [0.2, 0.25) is 0 Å². The van der Waals surface area contributed by atoms with Gasteiger partial charge in [-0.25, -0.2) is 4.98 Å². The summed E-state index contributed by atoms with van der Waals surface area (Å²) in [7, 11) is 3.76. The summed E-state index contributed by atoms with van der Waals surface area (Å²) in [5.74, 6) is 0.764. The Morgan fingerprint density at radius 1 is 1.33 bits per heavy atom. The lowest BCUT2D eigenvalue weighted by Crippen LogP contribution is -2.31. The number of fused-ring (bicyclic) bond motifs is 2. The molecular formula is C17H22N2O2. The minimum atomic E-state index is -0.907. The quantitative estimate of drug-likeness (QED) is 0.921. The first kappa shape index (κ1) is 14.3. The van der Waals surface area contributed by atoms with Gasteiger partial charge in [0.15, 0.2) is 0 Å². The Labute approximate surface area is 125 Å². The highest BCUT2D eigenvalue weighted by atomic mass is 16.5. The topological polar surface area (TPSA) is 45.6 Å². The second-order valence-corrected chi connectivity index (χ2v) is 6.32. The Morgan fingerprint density at radius 2 is 2.10 bits per heavy atom. The zero-order chi connectivity index (χ0) is 15.2. The molecule has 0 aliphatic carbocycles. The molecule has 1 aromatic heterocycles. The van der Waals surface area contributed by atoms with E-state index in [1.165, 1.54) is 0 Å². The van der Waals surface area contributed by atoms with Crippen molar-refractivity contribution in [3.8, 4) is 5.75 Å². The third-order valence-corrected chi connectivity index (χ3v) is 4.16. The van der Waals surface area contributed by atoms with Crippen LogP contribution in [0.4, 0.5) is 0 Å². The summed E-state index contributed by atoms with van der Waals surface area (Å²) in [6, 6.07) is 5.90. The molecule has 0 saturated carbocycles. The third kappa shape index (κ3) is 2.39. The highest BCUT2D eigenvalue weighted by Crippen LogP contribution is 2.37. The molecule has 1 aliphatic rings. The van der Waals surface area contributed by atoms with Crippen LogP contribution in [-0.4, -0.2) is 35.7 Å². The molecule has 0 amide bonds. The normalized spacial score (nSPS) is 16.0. The maximum absolute atomic E-state index is 10.7. The van der Waals surface area contributed by atoms with Crippen molar-refractivity contribution in [1.82, 2.24) is 9.88 Å². The molecule has 0 saturated heterocycles. The van der Waals surface area contributed by atoms with Crippen molar-refractivity contribution in [2.45, 2.75) is 32.4 Å². The minimum absolute atomic E-state index is 0.764. The lowest BCUT2D eigenvalue weighted by molar-refractivity contribution is 0.0778. The van der Waals surface area contributed by atoms with Crippen LogP contribution in [-0.2, 0) is 18.6 Å². The van der Waals surface area contributed by atoms with E-state index in [2.05, 4.69) is 11.9 Å². The van der Waals surface area contributed by atoms with E-state index in [0.717, 1.165) is 53.0 Å². The summed E-state index contributed by atoms with van der Waals surface area (Å²) in [5, 5.41) is 11.7. The number of aliphatic hydroxyl groups is 1. The summed E-state index contributed by atoms with van der Waals surface area (Å²) < 4.78 is 5.45. The van der Waals surface area contributed by atoms with Crippen LogP contribution in [0.15, 0.2) is 18.2 Å². The van der Waals surface area contributed by atoms with Crippen LogP contribution >= 0.6 is 0 Å². The Bertz CT molecular complexity index is 689. The number of aromatic nitrogens is 1. The van der Waals surface area contributed by atoms with Gasteiger partial charge in [0.05, 0.1) is 12.7 Å². The van der Waals surface area contributed by atoms with E-state index in [9.17, 15) is 5.11 Å². The monoisotopic (exact) mass is 286 g/mol. The minimum Gasteiger partial charge on any atom is -0.494 e. The first-order valence-electron chi connectivity index (χ1n) is 7.31. The number of benzene rings is 1. The van der Waals surface area contributed by atoms with E-state index in [-0.39, 0.29) is 0 Å². The summed E-state index contributed by atoms with van der Waals surface area (Å²) in [4.78, 5) is 7.10. The summed E-state index contributed by atoms with van der Waals surface area (Å²) in [5.41, 5.74) is 3.17. The lowest BCUT2D eigenvalue weighted by Gasteiger charge is -2.31. The number of methoxy groups -OCH3 is 1. The molecule has 4 heteroatoms. The highest BCUT2D eigenvalue weighted by molar-refractivity contribution is 5.89. The van der Waals surface area contributed by atoms with Gasteiger partial charge in [0, 0.05) is 30.6 Å². The van der Waals surface area contributed by atoms with Gasteiger partial charge >= 0.3 is 0 Å². The maximum atomic E-state index is 10.7. The van der Waals surface area contributed by atoms with E-state index >= 15 is 0 Å². The predicted octanol–water partition coefficient (Wildman–Crippen LogP) is 2.46. The number of nitrogens with zero attached hydrogens (tertiary/aromatic N) is 2. The highest BCUT2D eigenvalue weighted by Gasteiger charge is 2.29. The fourth-order valence-corrected chi connectivity index (χ4v) is 3.24. The van der Waals surface area contributed by atoms with Crippen molar-refractivity contribution in [2.24, 2.45) is 0 Å². The molecule has 0 radical (unpaired) electrons. The first-order chi connectivity index (χ1) is 9.91. The van der Waals surface area contributed by atoms with Crippen molar-refractivity contribution < 1.29 is 9.84 Å². The first-order valence-corrected chi connectivity index (χ1v) is 7.31. The van der Waals surface area contributed by atoms with Gasteiger partial charge in [-0.05, 0) is 38.1 Å². The fourth-order valence-electron chi connectivity index (χ4n) is 3.24. The maximum Gasteiger partial charge on any atom is 0.145 e. The number of hydrogen-bond donors (Lipinski definition) is 1. The molecule has 1 aromatic carbocycles. The van der Waals surface area contributed by atoms with E-state index in [4.69, 9.17) is 9.72 Å². The average molecular weight is 286 g/mol. The fraction of sp³-hybridized carbons (Fsp3) is 0.471. The molecule has 1 N–H and O–H groups in total. The van der Waals surface area contributed by atoms with E-state index in [1.807, 2.05) is 32.0 Å². The molecule has 21 heavy (non-hydrogen) atoms. The molecule has 4 nitrogen and oxygen atoms in total. The summed E-state index contributed by atoms with van der Waals surface area (Å²) in [6.07, 6.45) is 0.906. The van der Waals surface area contributed by atoms with Gasteiger partial charge in [-0.3, -0.25) is 0 Å². The number of pyridine rings is 1. The Kier molecular flexibility index (Phi) is 3.38. The lowest BCUT2D eigenvalue weighted by atomic mass is 9.86. The number of likely N-dealkylation sites (N-methyl/N-ethyl adjacent to an activating group) is 1. The van der Waals surface area contributed by atoms with Crippen molar-refractivity contribution in [1.29, 1.82) is 0 Å². The largest absolute Gasteiger partial charge is 0.494 e. The number of para-hydroxylation sites is 1. The molecule has 2 heterocycles. The number of ether oxygens (including phenoxy) is 1. The zero-order valence-electron chi connectivity index (χ0n) is 13.1. The molecule has 112 valence electrons. The summed E-state index contributed by atoms with van der Waals surface area (Å²) >= 11 is 0. The molecule has 0 fully saturated rings. The van der Waals surface area contributed by atoms with E-state index in [1.54, 1.807) is 7.11 Å². The van der Waals surface area contributed by atoms with Crippen LogP contribution < -0.4 is 4.74 Å². The average Bonchev–Trinajstić information content (AvgIpc) is 2.42. The van der Waals surface area contributed by atoms with Crippen molar-refractivity contribution in [2.75, 3.05) is 20.7 Å². The van der Waals surface area contributed by atoms with Crippen molar-refractivity contribution in [3.05, 3.63) is 35.0 Å². The SMILES string of the molecule is COc1cccc2c(C(C)(C)O)c3c(nc12)CCN(C)C3. The molecule has 1 aliphatic heterocycles. The van der Waals surface area contributed by atoms with Crippen LogP contribution in [0.5, 0.6) is 5.75 Å². The molecule has 2 aromatic rings. The predicted molar refractivity (Wildman–Crippen MR) is 83.6 cm³/mol. The smallest absolute Gasteiger partial charge is 0.145 e. The number of hydrogen-bond acceptors (Lipinski definition) is 4. The molecule has 0 unspecified atom stereocenters. The van der Waals surface area contributed by atoms with Gasteiger partial charge in [-0.2, -0.15) is 0 Å². The van der Waals surface area contributed by atoms with Gasteiger partial charge < -0.3 is 14.7 Å². The van der Waals surface area contributed by atoms with Crippen molar-refractivity contribution >= 4 is 10.9 Å². The van der Waals surface area contributed by atoms with E-state index < -0.39 is 5.60 Å². The Balaban J connectivity index is 2.40. The van der Waals surface area contributed by atoms with Crippen LogP contribution in [0, 0.1) is 0 Å². The van der Waals surface area contributed by atoms with Crippen molar-refractivity contribution in [3.63, 3.8) is 0 Å². The summed E-state index contributed by atoms with van der Waals surface area (Å²) in [6.45, 7) is 5.51. The second kappa shape index (κ2) is 4.97. The Hall–Kier alpha value is -1.65.